The van der Waals surface area contributed by atoms with Crippen molar-refractivity contribution in [2.24, 2.45) is 11.1 Å². The quantitative estimate of drug-likeness (QED) is 0.747. The van der Waals surface area contributed by atoms with Crippen molar-refractivity contribution in [2.45, 2.75) is 38.6 Å². The summed E-state index contributed by atoms with van der Waals surface area (Å²) in [5.74, 6) is 0.121. The molecule has 1 amide bonds. The molecule has 3 N–H and O–H groups in total. The van der Waals surface area contributed by atoms with E-state index in [1.165, 1.54) is 0 Å². The number of likely N-dealkylation sites (tertiary alicyclic amines) is 1. The van der Waals surface area contributed by atoms with Crippen LogP contribution in [-0.4, -0.2) is 54.7 Å². The molecule has 5 nitrogen and oxygen atoms in total. The van der Waals surface area contributed by atoms with Crippen LogP contribution in [0, 0.1) is 5.41 Å². The van der Waals surface area contributed by atoms with Crippen molar-refractivity contribution >= 4 is 23.1 Å². The second-order valence-corrected chi connectivity index (χ2v) is 6.60. The smallest absolute Gasteiger partial charge is 0.234 e. The predicted octanol–water partition coefficient (Wildman–Crippen LogP) is 0.670. The first-order valence-electron chi connectivity index (χ1n) is 7.39. The summed E-state index contributed by atoms with van der Waals surface area (Å²) in [6.07, 6.45) is 3.72. The Labute approximate surface area is 126 Å². The van der Waals surface area contributed by atoms with E-state index in [-0.39, 0.29) is 17.4 Å². The first kappa shape index (κ1) is 15.7. The molecule has 0 radical (unpaired) electrons. The highest BCUT2D eigenvalue weighted by molar-refractivity contribution is 7.80. The van der Waals surface area contributed by atoms with E-state index in [1.807, 2.05) is 0 Å². The van der Waals surface area contributed by atoms with Gasteiger partial charge in [-0.3, -0.25) is 9.69 Å². The standard InChI is InChI=1S/C14H25N3O2S/c1-14(13(15)20)4-6-17(7-5-14)10-12(18)16-11-2-8-19-9-3-11/h11H,2-10H2,1H3,(H2,15,20)(H,16,18). The highest BCUT2D eigenvalue weighted by Crippen LogP contribution is 2.30. The Kier molecular flexibility index (Phi) is 5.35. The molecule has 0 spiro atoms. The van der Waals surface area contributed by atoms with Crippen LogP contribution < -0.4 is 11.1 Å². The average molecular weight is 299 g/mol. The van der Waals surface area contributed by atoms with Crippen molar-refractivity contribution in [2.75, 3.05) is 32.8 Å². The average Bonchev–Trinajstić information content (AvgIpc) is 2.42. The fourth-order valence-electron chi connectivity index (χ4n) is 2.77. The molecule has 6 heteroatoms. The second kappa shape index (κ2) is 6.83. The number of amides is 1. The molecule has 2 aliphatic heterocycles. The maximum absolute atomic E-state index is 12.0. The third kappa shape index (κ3) is 4.14. The Morgan fingerprint density at radius 1 is 1.40 bits per heavy atom. The molecule has 2 aliphatic rings. The van der Waals surface area contributed by atoms with Gasteiger partial charge in [-0.2, -0.15) is 0 Å². The summed E-state index contributed by atoms with van der Waals surface area (Å²) in [6.45, 7) is 5.87. The van der Waals surface area contributed by atoms with Crippen LogP contribution in [0.25, 0.3) is 0 Å². The van der Waals surface area contributed by atoms with Crippen LogP contribution in [0.2, 0.25) is 0 Å². The lowest BCUT2D eigenvalue weighted by molar-refractivity contribution is -0.124. The number of nitrogens with one attached hydrogen (secondary N) is 1. The third-order valence-electron chi connectivity index (χ3n) is 4.51. The Morgan fingerprint density at radius 3 is 2.55 bits per heavy atom. The summed E-state index contributed by atoms with van der Waals surface area (Å²) in [7, 11) is 0. The molecule has 2 heterocycles. The van der Waals surface area contributed by atoms with Gasteiger partial charge in [-0.15, -0.1) is 0 Å². The minimum absolute atomic E-state index is 0.0387. The number of hydrogen-bond acceptors (Lipinski definition) is 4. The van der Waals surface area contributed by atoms with Crippen molar-refractivity contribution in [3.63, 3.8) is 0 Å². The number of piperidine rings is 1. The van der Waals surface area contributed by atoms with Crippen molar-refractivity contribution in [3.8, 4) is 0 Å². The molecule has 0 saturated carbocycles. The zero-order chi connectivity index (χ0) is 14.6. The van der Waals surface area contributed by atoms with Gasteiger partial charge in [0.1, 0.15) is 0 Å². The van der Waals surface area contributed by atoms with Crippen molar-refractivity contribution in [1.29, 1.82) is 0 Å². The molecule has 0 aromatic carbocycles. The van der Waals surface area contributed by atoms with E-state index in [0.717, 1.165) is 52.0 Å². The molecular formula is C14H25N3O2S. The molecular weight excluding hydrogens is 274 g/mol. The lowest BCUT2D eigenvalue weighted by atomic mass is 9.80. The predicted molar refractivity (Wildman–Crippen MR) is 82.6 cm³/mol. The van der Waals surface area contributed by atoms with E-state index in [4.69, 9.17) is 22.7 Å². The van der Waals surface area contributed by atoms with Gasteiger partial charge in [0.15, 0.2) is 0 Å². The summed E-state index contributed by atoms with van der Waals surface area (Å²) in [4.78, 5) is 14.8. The van der Waals surface area contributed by atoms with E-state index in [0.29, 0.717) is 11.5 Å². The van der Waals surface area contributed by atoms with Gasteiger partial charge in [-0.05, 0) is 38.8 Å². The Bertz CT molecular complexity index is 361. The summed E-state index contributed by atoms with van der Waals surface area (Å²) in [6, 6.07) is 0.280. The van der Waals surface area contributed by atoms with Crippen LogP contribution in [0.4, 0.5) is 0 Å². The molecule has 0 atom stereocenters. The van der Waals surface area contributed by atoms with Gasteiger partial charge in [0, 0.05) is 24.7 Å². The second-order valence-electron chi connectivity index (χ2n) is 6.16. The zero-order valence-electron chi connectivity index (χ0n) is 12.2. The lowest BCUT2D eigenvalue weighted by Crippen LogP contribution is -2.49. The number of thiocarbonyl (C=S) groups is 1. The summed E-state index contributed by atoms with van der Waals surface area (Å²) in [5.41, 5.74) is 5.75. The largest absolute Gasteiger partial charge is 0.393 e. The Balaban J connectivity index is 1.72. The molecule has 20 heavy (non-hydrogen) atoms. The number of rotatable bonds is 4. The number of ether oxygens (including phenoxy) is 1. The molecule has 2 rings (SSSR count). The number of hydrogen-bond donors (Lipinski definition) is 2. The van der Waals surface area contributed by atoms with Gasteiger partial charge >= 0.3 is 0 Å². The van der Waals surface area contributed by atoms with Crippen LogP contribution in [0.5, 0.6) is 0 Å². The van der Waals surface area contributed by atoms with Gasteiger partial charge in [-0.25, -0.2) is 0 Å². The first-order chi connectivity index (χ1) is 9.49. The van der Waals surface area contributed by atoms with Gasteiger partial charge < -0.3 is 15.8 Å². The molecule has 2 fully saturated rings. The lowest BCUT2D eigenvalue weighted by Gasteiger charge is -2.38. The number of carbonyl (C=O) groups is 1. The third-order valence-corrected chi connectivity index (χ3v) is 5.00. The SMILES string of the molecule is CC1(C(N)=S)CCN(CC(=O)NC2CCOCC2)CC1. The maximum Gasteiger partial charge on any atom is 0.234 e. The summed E-state index contributed by atoms with van der Waals surface area (Å²) in [5, 5.41) is 3.10. The summed E-state index contributed by atoms with van der Waals surface area (Å²) < 4.78 is 5.29. The topological polar surface area (TPSA) is 67.6 Å². The van der Waals surface area contributed by atoms with Crippen LogP contribution in [0.3, 0.4) is 0 Å². The molecule has 0 aliphatic carbocycles. The van der Waals surface area contributed by atoms with Gasteiger partial charge in [-0.1, -0.05) is 19.1 Å². The molecule has 114 valence electrons. The minimum Gasteiger partial charge on any atom is -0.393 e. The van der Waals surface area contributed by atoms with E-state index in [2.05, 4.69) is 17.1 Å². The van der Waals surface area contributed by atoms with Crippen molar-refractivity contribution in [3.05, 3.63) is 0 Å². The van der Waals surface area contributed by atoms with Crippen LogP contribution >= 0.6 is 12.2 Å². The highest BCUT2D eigenvalue weighted by Gasteiger charge is 2.33. The molecule has 2 saturated heterocycles. The van der Waals surface area contributed by atoms with Crippen molar-refractivity contribution in [1.82, 2.24) is 10.2 Å². The monoisotopic (exact) mass is 299 g/mol. The molecule has 0 aromatic rings. The summed E-state index contributed by atoms with van der Waals surface area (Å²) >= 11 is 5.13. The van der Waals surface area contributed by atoms with Crippen LogP contribution in [0.15, 0.2) is 0 Å². The Morgan fingerprint density at radius 2 is 2.00 bits per heavy atom. The van der Waals surface area contributed by atoms with E-state index >= 15 is 0 Å². The minimum atomic E-state index is -0.0387. The number of carbonyl (C=O) groups excluding carboxylic acids is 1. The van der Waals surface area contributed by atoms with E-state index < -0.39 is 0 Å². The van der Waals surface area contributed by atoms with Gasteiger partial charge in [0.25, 0.3) is 0 Å². The van der Waals surface area contributed by atoms with Crippen LogP contribution in [0.1, 0.15) is 32.6 Å². The zero-order valence-corrected chi connectivity index (χ0v) is 13.0. The first-order valence-corrected chi connectivity index (χ1v) is 7.80. The highest BCUT2D eigenvalue weighted by atomic mass is 32.1. The number of nitrogens with two attached hydrogens (primary N) is 1. The molecule has 0 bridgehead atoms. The molecule has 0 aromatic heterocycles. The van der Waals surface area contributed by atoms with Crippen LogP contribution in [-0.2, 0) is 9.53 Å². The van der Waals surface area contributed by atoms with E-state index in [1.54, 1.807) is 0 Å². The van der Waals surface area contributed by atoms with Gasteiger partial charge in [0.05, 0.1) is 11.5 Å². The normalized spacial score (nSPS) is 24.2. The fourth-order valence-corrected chi connectivity index (χ4v) is 2.97. The maximum atomic E-state index is 12.0. The molecule has 0 unspecified atom stereocenters. The Hall–Kier alpha value is -0.720. The van der Waals surface area contributed by atoms with E-state index in [9.17, 15) is 4.79 Å². The fraction of sp³-hybridized carbons (Fsp3) is 0.857. The van der Waals surface area contributed by atoms with Gasteiger partial charge in [0.2, 0.25) is 5.91 Å². The van der Waals surface area contributed by atoms with Crippen molar-refractivity contribution < 1.29 is 9.53 Å². The number of nitrogens with zero attached hydrogens (tertiary/aromatic N) is 1.